The van der Waals surface area contributed by atoms with Crippen LogP contribution in [0.5, 0.6) is 0 Å². The van der Waals surface area contributed by atoms with Gasteiger partial charge in [0.1, 0.15) is 17.6 Å². The molecule has 1 aliphatic carbocycles. The summed E-state index contributed by atoms with van der Waals surface area (Å²) in [6.07, 6.45) is 0.101. The summed E-state index contributed by atoms with van der Waals surface area (Å²) in [5.74, 6) is 0.998. The molecule has 1 heterocycles. The number of nitrogens with zero attached hydrogens (tertiary/aromatic N) is 1. The predicted molar refractivity (Wildman–Crippen MR) is 110 cm³/mol. The van der Waals surface area contributed by atoms with E-state index < -0.39 is 6.10 Å². The van der Waals surface area contributed by atoms with Crippen molar-refractivity contribution in [2.45, 2.75) is 39.3 Å². The van der Waals surface area contributed by atoms with Gasteiger partial charge in [0, 0.05) is 18.7 Å². The number of aromatic nitrogens is 1. The van der Waals surface area contributed by atoms with Gasteiger partial charge < -0.3 is 15.7 Å². The SMILES string of the molecule is CCC1C(C)C1NC(=N)c1cc(C(=O)NC)nc(C(O)c2ccccc2C)c1. The second-order valence-corrected chi connectivity index (χ2v) is 7.48. The molecule has 1 fully saturated rings. The highest BCUT2D eigenvalue weighted by molar-refractivity contribution is 6.00. The van der Waals surface area contributed by atoms with Crippen molar-refractivity contribution in [3.05, 3.63) is 64.5 Å². The third-order valence-corrected chi connectivity index (χ3v) is 5.70. The van der Waals surface area contributed by atoms with Gasteiger partial charge in [-0.2, -0.15) is 0 Å². The molecule has 3 rings (SSSR count). The molecule has 1 saturated carbocycles. The van der Waals surface area contributed by atoms with Gasteiger partial charge in [0.15, 0.2) is 0 Å². The van der Waals surface area contributed by atoms with Gasteiger partial charge in [-0.3, -0.25) is 10.2 Å². The molecule has 1 aliphatic rings. The van der Waals surface area contributed by atoms with E-state index in [1.54, 1.807) is 12.1 Å². The molecule has 1 amide bonds. The lowest BCUT2D eigenvalue weighted by molar-refractivity contribution is 0.0957. The van der Waals surface area contributed by atoms with Gasteiger partial charge in [-0.05, 0) is 42.0 Å². The Morgan fingerprint density at radius 2 is 2.04 bits per heavy atom. The topological polar surface area (TPSA) is 98.1 Å². The first kappa shape index (κ1) is 20.0. The van der Waals surface area contributed by atoms with Crippen LogP contribution in [0.15, 0.2) is 36.4 Å². The number of carbonyl (C=O) groups excluding carboxylic acids is 1. The van der Waals surface area contributed by atoms with Crippen LogP contribution in [0, 0.1) is 24.2 Å². The van der Waals surface area contributed by atoms with E-state index in [0.717, 1.165) is 17.5 Å². The van der Waals surface area contributed by atoms with Crippen molar-refractivity contribution in [1.82, 2.24) is 15.6 Å². The minimum absolute atomic E-state index is 0.185. The minimum Gasteiger partial charge on any atom is -0.382 e. The zero-order chi connectivity index (χ0) is 20.4. The lowest BCUT2D eigenvalue weighted by Gasteiger charge is -2.16. The average Bonchev–Trinajstić information content (AvgIpc) is 3.34. The fourth-order valence-electron chi connectivity index (χ4n) is 3.79. The third kappa shape index (κ3) is 3.92. The Kier molecular flexibility index (Phi) is 5.79. The number of aliphatic hydroxyl groups excluding tert-OH is 1. The van der Waals surface area contributed by atoms with Gasteiger partial charge in [-0.15, -0.1) is 0 Å². The highest BCUT2D eigenvalue weighted by atomic mass is 16.3. The summed E-state index contributed by atoms with van der Waals surface area (Å²) in [5, 5.41) is 25.2. The molecule has 148 valence electrons. The minimum atomic E-state index is -0.972. The number of amidine groups is 1. The van der Waals surface area contributed by atoms with E-state index in [-0.39, 0.29) is 23.5 Å². The van der Waals surface area contributed by atoms with E-state index in [1.807, 2.05) is 31.2 Å². The van der Waals surface area contributed by atoms with Crippen LogP contribution in [-0.4, -0.2) is 34.9 Å². The van der Waals surface area contributed by atoms with E-state index in [1.165, 1.54) is 7.05 Å². The highest BCUT2D eigenvalue weighted by Crippen LogP contribution is 2.41. The molecule has 6 nitrogen and oxygen atoms in total. The fraction of sp³-hybridized carbons (Fsp3) is 0.409. The molecule has 0 saturated heterocycles. The second-order valence-electron chi connectivity index (χ2n) is 7.48. The van der Waals surface area contributed by atoms with Gasteiger partial charge in [-0.1, -0.05) is 44.5 Å². The van der Waals surface area contributed by atoms with E-state index in [9.17, 15) is 9.90 Å². The normalized spacial score (nSPS) is 21.7. The van der Waals surface area contributed by atoms with Crippen molar-refractivity contribution in [1.29, 1.82) is 5.41 Å². The number of carbonyl (C=O) groups is 1. The number of aliphatic hydroxyl groups is 1. The maximum Gasteiger partial charge on any atom is 0.269 e. The largest absolute Gasteiger partial charge is 0.382 e. The van der Waals surface area contributed by atoms with Crippen molar-refractivity contribution in [3.63, 3.8) is 0 Å². The van der Waals surface area contributed by atoms with Gasteiger partial charge in [0.25, 0.3) is 5.91 Å². The van der Waals surface area contributed by atoms with E-state index in [2.05, 4.69) is 29.5 Å². The maximum atomic E-state index is 12.2. The van der Waals surface area contributed by atoms with Crippen molar-refractivity contribution in [2.75, 3.05) is 7.05 Å². The van der Waals surface area contributed by atoms with Gasteiger partial charge in [0.2, 0.25) is 0 Å². The number of pyridine rings is 1. The maximum absolute atomic E-state index is 12.2. The van der Waals surface area contributed by atoms with Crippen LogP contribution in [0.1, 0.15) is 59.2 Å². The highest BCUT2D eigenvalue weighted by Gasteiger charge is 2.45. The summed E-state index contributed by atoms with van der Waals surface area (Å²) >= 11 is 0. The predicted octanol–water partition coefficient (Wildman–Crippen LogP) is 2.79. The van der Waals surface area contributed by atoms with Crippen molar-refractivity contribution in [3.8, 4) is 0 Å². The molecule has 6 heteroatoms. The summed E-state index contributed by atoms with van der Waals surface area (Å²) in [6, 6.07) is 11.1. The van der Waals surface area contributed by atoms with E-state index in [4.69, 9.17) is 5.41 Å². The number of benzene rings is 1. The molecule has 0 spiro atoms. The third-order valence-electron chi connectivity index (χ3n) is 5.70. The summed E-state index contributed by atoms with van der Waals surface area (Å²) in [4.78, 5) is 16.6. The Morgan fingerprint density at radius 3 is 2.64 bits per heavy atom. The molecule has 1 aromatic heterocycles. The average molecular weight is 380 g/mol. The first-order chi connectivity index (χ1) is 13.4. The standard InChI is InChI=1S/C22H28N4O2/c1-5-15-13(3)19(15)26-21(23)14-10-17(25-18(11-14)22(28)24-4)20(27)16-9-7-6-8-12(16)2/h6-11,13,15,19-20,27H,5H2,1-4H3,(H2,23,26)(H,24,28). The number of hydrogen-bond donors (Lipinski definition) is 4. The summed E-state index contributed by atoms with van der Waals surface area (Å²) in [5.41, 5.74) is 2.76. The molecular weight excluding hydrogens is 352 g/mol. The lowest BCUT2D eigenvalue weighted by atomic mass is 9.99. The quantitative estimate of drug-likeness (QED) is 0.457. The van der Waals surface area contributed by atoms with Gasteiger partial charge in [-0.25, -0.2) is 4.98 Å². The second kappa shape index (κ2) is 8.10. The van der Waals surface area contributed by atoms with Crippen LogP contribution in [-0.2, 0) is 0 Å². The van der Waals surface area contributed by atoms with Crippen LogP contribution >= 0.6 is 0 Å². The first-order valence-electron chi connectivity index (χ1n) is 9.70. The molecule has 4 unspecified atom stereocenters. The van der Waals surface area contributed by atoms with Crippen molar-refractivity contribution in [2.24, 2.45) is 11.8 Å². The Bertz CT molecular complexity index is 896. The fourth-order valence-corrected chi connectivity index (χ4v) is 3.79. The summed E-state index contributed by atoms with van der Waals surface area (Å²) in [7, 11) is 1.54. The van der Waals surface area contributed by atoms with Crippen molar-refractivity contribution >= 4 is 11.7 Å². The molecule has 4 N–H and O–H groups in total. The summed E-state index contributed by atoms with van der Waals surface area (Å²) in [6.45, 7) is 6.25. The van der Waals surface area contributed by atoms with Crippen LogP contribution in [0.2, 0.25) is 0 Å². The van der Waals surface area contributed by atoms with Gasteiger partial charge >= 0.3 is 0 Å². The molecule has 0 aliphatic heterocycles. The monoisotopic (exact) mass is 380 g/mol. The van der Waals surface area contributed by atoms with Gasteiger partial charge in [0.05, 0.1) is 5.69 Å². The smallest absolute Gasteiger partial charge is 0.269 e. The number of nitrogens with one attached hydrogen (secondary N) is 3. The molecule has 4 atom stereocenters. The molecule has 0 radical (unpaired) electrons. The first-order valence-corrected chi connectivity index (χ1v) is 9.70. The Balaban J connectivity index is 1.94. The summed E-state index contributed by atoms with van der Waals surface area (Å²) < 4.78 is 0. The number of hydrogen-bond acceptors (Lipinski definition) is 4. The Hall–Kier alpha value is -2.73. The van der Waals surface area contributed by atoms with Crippen LogP contribution < -0.4 is 10.6 Å². The molecule has 2 aromatic rings. The molecule has 0 bridgehead atoms. The van der Waals surface area contributed by atoms with Crippen LogP contribution in [0.25, 0.3) is 0 Å². The number of aryl methyl sites for hydroxylation is 1. The molecule has 1 aromatic carbocycles. The number of amides is 1. The van der Waals surface area contributed by atoms with Crippen LogP contribution in [0.4, 0.5) is 0 Å². The molecular formula is C22H28N4O2. The zero-order valence-corrected chi connectivity index (χ0v) is 16.8. The molecule has 28 heavy (non-hydrogen) atoms. The van der Waals surface area contributed by atoms with Crippen LogP contribution in [0.3, 0.4) is 0 Å². The zero-order valence-electron chi connectivity index (χ0n) is 16.8. The van der Waals surface area contributed by atoms with E-state index >= 15 is 0 Å². The van der Waals surface area contributed by atoms with Crippen molar-refractivity contribution < 1.29 is 9.90 Å². The lowest BCUT2D eigenvalue weighted by Crippen LogP contribution is -2.29. The Labute approximate surface area is 165 Å². The number of rotatable bonds is 6. The van der Waals surface area contributed by atoms with E-state index in [0.29, 0.717) is 23.1 Å². The Morgan fingerprint density at radius 1 is 1.32 bits per heavy atom.